The molecule has 2 aromatic carbocycles. The number of carbonyl (C=O) groups is 2. The number of carbonyl (C=O) groups excluding carboxylic acids is 2. The largest absolute Gasteiger partial charge is 0.486 e. The minimum atomic E-state index is -0.553. The lowest BCUT2D eigenvalue weighted by Gasteiger charge is -2.18. The number of nitrogens with one attached hydrogen (secondary N) is 2. The number of rotatable bonds is 3. The molecule has 1 aliphatic rings. The van der Waals surface area contributed by atoms with Crippen molar-refractivity contribution in [1.82, 2.24) is 10.9 Å². The van der Waals surface area contributed by atoms with Gasteiger partial charge in [0, 0.05) is 5.02 Å². The van der Waals surface area contributed by atoms with E-state index in [0.29, 0.717) is 29.7 Å². The molecule has 0 aliphatic carbocycles. The maximum absolute atomic E-state index is 12.1. The molecule has 0 aromatic heterocycles. The zero-order valence-electron chi connectivity index (χ0n) is 13.0. The van der Waals surface area contributed by atoms with Crippen LogP contribution in [-0.4, -0.2) is 25.0 Å². The van der Waals surface area contributed by atoms with Crippen molar-refractivity contribution < 1.29 is 19.1 Å². The van der Waals surface area contributed by atoms with E-state index < -0.39 is 5.91 Å². The second-order valence-corrected chi connectivity index (χ2v) is 6.12. The van der Waals surface area contributed by atoms with Crippen molar-refractivity contribution in [2.45, 2.75) is 6.42 Å². The Morgan fingerprint density at radius 3 is 2.52 bits per heavy atom. The van der Waals surface area contributed by atoms with E-state index in [1.54, 1.807) is 24.3 Å². The van der Waals surface area contributed by atoms with Gasteiger partial charge >= 0.3 is 0 Å². The molecular formula is C17H14Cl2N2O4. The molecular weight excluding hydrogens is 367 g/mol. The van der Waals surface area contributed by atoms with Crippen molar-refractivity contribution in [3.8, 4) is 11.5 Å². The first-order chi connectivity index (χ1) is 12.0. The van der Waals surface area contributed by atoms with E-state index in [0.717, 1.165) is 5.56 Å². The fourth-order valence-electron chi connectivity index (χ4n) is 2.29. The van der Waals surface area contributed by atoms with Gasteiger partial charge in [-0.25, -0.2) is 0 Å². The molecule has 8 heteroatoms. The molecule has 3 rings (SSSR count). The van der Waals surface area contributed by atoms with Gasteiger partial charge in [0.2, 0.25) is 5.91 Å². The van der Waals surface area contributed by atoms with Crippen molar-refractivity contribution in [2.75, 3.05) is 13.2 Å². The van der Waals surface area contributed by atoms with Gasteiger partial charge in [-0.15, -0.1) is 0 Å². The molecule has 0 bridgehead atoms. The Kier molecular flexibility index (Phi) is 5.31. The van der Waals surface area contributed by atoms with Gasteiger partial charge in [-0.2, -0.15) is 0 Å². The molecule has 1 heterocycles. The normalized spacial score (nSPS) is 12.4. The molecule has 0 radical (unpaired) electrons. The Hall–Kier alpha value is -2.44. The van der Waals surface area contributed by atoms with Crippen LogP contribution in [-0.2, 0) is 11.2 Å². The summed E-state index contributed by atoms with van der Waals surface area (Å²) in [7, 11) is 0. The van der Waals surface area contributed by atoms with E-state index in [9.17, 15) is 9.59 Å². The maximum Gasteiger partial charge on any atom is 0.271 e. The van der Waals surface area contributed by atoms with Gasteiger partial charge in [0.25, 0.3) is 5.91 Å². The van der Waals surface area contributed by atoms with Crippen molar-refractivity contribution in [2.24, 2.45) is 0 Å². The number of hydrogen-bond acceptors (Lipinski definition) is 4. The topological polar surface area (TPSA) is 76.7 Å². The lowest BCUT2D eigenvalue weighted by atomic mass is 10.1. The Balaban J connectivity index is 1.58. The van der Waals surface area contributed by atoms with E-state index in [2.05, 4.69) is 10.9 Å². The second kappa shape index (κ2) is 7.63. The van der Waals surface area contributed by atoms with Gasteiger partial charge < -0.3 is 9.47 Å². The quantitative estimate of drug-likeness (QED) is 0.802. The maximum atomic E-state index is 12.1. The van der Waals surface area contributed by atoms with Gasteiger partial charge in [-0.3, -0.25) is 20.4 Å². The number of ether oxygens (including phenoxy) is 2. The predicted octanol–water partition coefficient (Wildman–Crippen LogP) is 2.77. The number of benzene rings is 2. The first-order valence-electron chi connectivity index (χ1n) is 7.45. The molecule has 6 nitrogen and oxygen atoms in total. The zero-order valence-corrected chi connectivity index (χ0v) is 14.5. The predicted molar refractivity (Wildman–Crippen MR) is 93.2 cm³/mol. The molecule has 0 atom stereocenters. The van der Waals surface area contributed by atoms with Crippen LogP contribution in [0.2, 0.25) is 10.0 Å². The first-order valence-corrected chi connectivity index (χ1v) is 8.21. The van der Waals surface area contributed by atoms with Crippen LogP contribution >= 0.6 is 23.2 Å². The summed E-state index contributed by atoms with van der Waals surface area (Å²) in [5.41, 5.74) is 5.56. The van der Waals surface area contributed by atoms with E-state index in [1.165, 1.54) is 12.1 Å². The Morgan fingerprint density at radius 2 is 1.72 bits per heavy atom. The first kappa shape index (κ1) is 17.4. The van der Waals surface area contributed by atoms with E-state index in [4.69, 9.17) is 32.7 Å². The summed E-state index contributed by atoms with van der Waals surface area (Å²) in [6.45, 7) is 0.976. The summed E-state index contributed by atoms with van der Waals surface area (Å²) in [4.78, 5) is 24.1. The summed E-state index contributed by atoms with van der Waals surface area (Å²) < 4.78 is 10.9. The third kappa shape index (κ3) is 4.35. The van der Waals surface area contributed by atoms with Crippen LogP contribution < -0.4 is 20.3 Å². The number of hydrazine groups is 1. The fraction of sp³-hybridized carbons (Fsp3) is 0.176. The van der Waals surface area contributed by atoms with Gasteiger partial charge in [0.05, 0.1) is 17.0 Å². The Morgan fingerprint density at radius 1 is 0.960 bits per heavy atom. The lowest BCUT2D eigenvalue weighted by Crippen LogP contribution is -2.42. The standard InChI is InChI=1S/C17H14Cl2N2O4/c18-11-2-3-13(19)12(9-11)17(23)21-20-16(22)8-10-1-4-14-15(7-10)25-6-5-24-14/h1-4,7,9H,5-6,8H2,(H,20,22)(H,21,23). The van der Waals surface area contributed by atoms with Crippen LogP contribution in [0.4, 0.5) is 0 Å². The molecule has 0 saturated heterocycles. The van der Waals surface area contributed by atoms with Crippen molar-refractivity contribution in [3.63, 3.8) is 0 Å². The van der Waals surface area contributed by atoms with Crippen molar-refractivity contribution in [3.05, 3.63) is 57.6 Å². The molecule has 2 aromatic rings. The number of hydrogen-bond donors (Lipinski definition) is 2. The average molecular weight is 381 g/mol. The Labute approximate surface area is 154 Å². The van der Waals surface area contributed by atoms with Crippen LogP contribution in [0.3, 0.4) is 0 Å². The highest BCUT2D eigenvalue weighted by Crippen LogP contribution is 2.30. The van der Waals surface area contributed by atoms with Gasteiger partial charge in [0.15, 0.2) is 11.5 Å². The third-order valence-corrected chi connectivity index (χ3v) is 4.02. The molecule has 1 aliphatic heterocycles. The average Bonchev–Trinajstić information content (AvgIpc) is 2.61. The van der Waals surface area contributed by atoms with Gasteiger partial charge in [-0.05, 0) is 35.9 Å². The summed E-state index contributed by atoms with van der Waals surface area (Å²) in [6.07, 6.45) is 0.0696. The second-order valence-electron chi connectivity index (χ2n) is 5.28. The lowest BCUT2D eigenvalue weighted by molar-refractivity contribution is -0.121. The SMILES string of the molecule is O=C(Cc1ccc2c(c1)OCCO2)NNC(=O)c1cc(Cl)ccc1Cl. The number of fused-ring (bicyclic) bond motifs is 1. The van der Waals surface area contributed by atoms with Crippen LogP contribution in [0, 0.1) is 0 Å². The Bertz CT molecular complexity index is 826. The van der Waals surface area contributed by atoms with E-state index in [1.807, 2.05) is 0 Å². The highest BCUT2D eigenvalue weighted by atomic mass is 35.5. The molecule has 130 valence electrons. The van der Waals surface area contributed by atoms with Crippen molar-refractivity contribution >= 4 is 35.0 Å². The zero-order chi connectivity index (χ0) is 17.8. The summed E-state index contributed by atoms with van der Waals surface area (Å²) >= 11 is 11.8. The van der Waals surface area contributed by atoms with Gasteiger partial charge in [-0.1, -0.05) is 29.3 Å². The summed E-state index contributed by atoms with van der Waals surface area (Å²) in [6, 6.07) is 9.76. The monoisotopic (exact) mass is 380 g/mol. The van der Waals surface area contributed by atoms with Crippen LogP contribution in [0.25, 0.3) is 0 Å². The van der Waals surface area contributed by atoms with Crippen molar-refractivity contribution in [1.29, 1.82) is 0 Å². The minimum absolute atomic E-state index is 0.0696. The minimum Gasteiger partial charge on any atom is -0.486 e. The van der Waals surface area contributed by atoms with Crippen LogP contribution in [0.15, 0.2) is 36.4 Å². The van der Waals surface area contributed by atoms with E-state index in [-0.39, 0.29) is 22.9 Å². The molecule has 0 saturated carbocycles. The smallest absolute Gasteiger partial charge is 0.271 e. The third-order valence-electron chi connectivity index (χ3n) is 3.46. The highest BCUT2D eigenvalue weighted by Gasteiger charge is 2.15. The molecule has 0 unspecified atom stereocenters. The summed E-state index contributed by atoms with van der Waals surface area (Å²) in [5.74, 6) is 0.316. The molecule has 2 N–H and O–H groups in total. The molecule has 2 amide bonds. The summed E-state index contributed by atoms with van der Waals surface area (Å²) in [5, 5.41) is 0.611. The number of amides is 2. The van der Waals surface area contributed by atoms with Gasteiger partial charge in [0.1, 0.15) is 13.2 Å². The number of halogens is 2. The highest BCUT2D eigenvalue weighted by molar-refractivity contribution is 6.35. The molecule has 0 fully saturated rings. The molecule has 25 heavy (non-hydrogen) atoms. The molecule has 0 spiro atoms. The van der Waals surface area contributed by atoms with E-state index >= 15 is 0 Å². The van der Waals surface area contributed by atoms with Crippen LogP contribution in [0.1, 0.15) is 15.9 Å². The fourth-order valence-corrected chi connectivity index (χ4v) is 2.67. The van der Waals surface area contributed by atoms with Crippen LogP contribution in [0.5, 0.6) is 11.5 Å².